The highest BCUT2D eigenvalue weighted by molar-refractivity contribution is 9.10. The molecule has 0 bridgehead atoms. The van der Waals surface area contributed by atoms with Gasteiger partial charge in [-0.3, -0.25) is 0 Å². The van der Waals surface area contributed by atoms with E-state index in [-0.39, 0.29) is 18.8 Å². The zero-order chi connectivity index (χ0) is 26.7. The quantitative estimate of drug-likeness (QED) is 0.372. The largest absolute Gasteiger partial charge is 0.497 e. The lowest BCUT2D eigenvalue weighted by Crippen LogP contribution is -2.54. The number of esters is 1. The third kappa shape index (κ3) is 6.38. The summed E-state index contributed by atoms with van der Waals surface area (Å²) in [4.78, 5) is 39.1. The number of nitrogens with two attached hydrogens (primary N) is 1. The molecule has 2 heterocycles. The van der Waals surface area contributed by atoms with Gasteiger partial charge >= 0.3 is 12.1 Å². The number of carbonyl (C=O) groups excluding carboxylic acids is 2. The van der Waals surface area contributed by atoms with Crippen LogP contribution in [0.1, 0.15) is 34.1 Å². The smallest absolute Gasteiger partial charge is 0.408 e. The number of hydrogen-bond acceptors (Lipinski definition) is 10. The number of aromatic nitrogens is 4. The number of carbonyl (C=O) groups is 2. The fourth-order valence-corrected chi connectivity index (χ4v) is 4.76. The van der Waals surface area contributed by atoms with Crippen molar-refractivity contribution < 1.29 is 23.8 Å². The lowest BCUT2D eigenvalue weighted by atomic mass is 9.98. The maximum atomic E-state index is 12.7. The van der Waals surface area contributed by atoms with Crippen LogP contribution in [0.3, 0.4) is 0 Å². The Morgan fingerprint density at radius 3 is 2.56 bits per heavy atom. The topological polar surface area (TPSA) is 143 Å². The SMILES string of the molecule is COC(=O)C(C)(CCn1c(Sc2cc(OC)ccc2Br)nc2c(N)ncnc21)NC(=O)OC(C)(C)C. The number of benzene rings is 1. The lowest BCUT2D eigenvalue weighted by Gasteiger charge is -2.30. The number of alkyl carbamates (subject to hydrolysis) is 1. The molecule has 1 unspecified atom stereocenters. The van der Waals surface area contributed by atoms with E-state index in [1.807, 2.05) is 22.8 Å². The number of aryl methyl sites for hydroxylation is 1. The van der Waals surface area contributed by atoms with Crippen LogP contribution in [0.2, 0.25) is 0 Å². The molecular weight excluding hydrogens is 552 g/mol. The molecule has 0 radical (unpaired) electrons. The third-order valence-electron chi connectivity index (χ3n) is 5.11. The predicted octanol–water partition coefficient (Wildman–Crippen LogP) is 4.18. The Labute approximate surface area is 221 Å². The van der Waals surface area contributed by atoms with E-state index in [9.17, 15) is 9.59 Å². The Bertz CT molecular complexity index is 1280. The molecule has 0 saturated heterocycles. The molecule has 0 saturated carbocycles. The van der Waals surface area contributed by atoms with Gasteiger partial charge in [-0.05, 0) is 68.2 Å². The number of halogens is 1. The number of amides is 1. The van der Waals surface area contributed by atoms with Crippen LogP contribution in [0.5, 0.6) is 5.75 Å². The maximum absolute atomic E-state index is 12.7. The summed E-state index contributed by atoms with van der Waals surface area (Å²) in [6, 6.07) is 5.59. The molecule has 36 heavy (non-hydrogen) atoms. The van der Waals surface area contributed by atoms with Crippen LogP contribution in [0.15, 0.2) is 39.1 Å². The molecule has 3 N–H and O–H groups in total. The molecule has 11 nitrogen and oxygen atoms in total. The van der Waals surface area contributed by atoms with Crippen molar-refractivity contribution in [3.05, 3.63) is 29.0 Å². The van der Waals surface area contributed by atoms with Crippen molar-refractivity contribution in [1.82, 2.24) is 24.8 Å². The molecule has 1 aromatic carbocycles. The molecule has 1 amide bonds. The standard InChI is InChI=1S/C23H29BrN6O5S/c1-22(2,3)35-21(32)29-23(4,19(31)34-6)9-10-30-18-16(17(25)26-12-27-18)28-20(30)36-15-11-13(33-5)7-8-14(15)24/h7-8,11-12H,9-10H2,1-6H3,(H,29,32)(H2,25,26,27). The molecule has 0 aliphatic rings. The van der Waals surface area contributed by atoms with Crippen LogP contribution in [-0.4, -0.2) is 56.9 Å². The Kier molecular flexibility index (Phi) is 8.34. The predicted molar refractivity (Wildman–Crippen MR) is 139 cm³/mol. The van der Waals surface area contributed by atoms with E-state index in [0.29, 0.717) is 22.1 Å². The third-order valence-corrected chi connectivity index (χ3v) is 7.12. The number of fused-ring (bicyclic) bond motifs is 1. The van der Waals surface area contributed by atoms with E-state index < -0.39 is 23.2 Å². The second-order valence-corrected chi connectivity index (χ2v) is 10.9. The first-order valence-electron chi connectivity index (χ1n) is 10.9. The molecule has 0 fully saturated rings. The first-order valence-corrected chi connectivity index (χ1v) is 12.6. The summed E-state index contributed by atoms with van der Waals surface area (Å²) >= 11 is 4.93. The molecule has 194 valence electrons. The number of nitrogen functional groups attached to an aromatic ring is 1. The minimum atomic E-state index is -1.38. The zero-order valence-corrected chi connectivity index (χ0v) is 23.3. The van der Waals surface area contributed by atoms with E-state index in [0.717, 1.165) is 9.37 Å². The van der Waals surface area contributed by atoms with Gasteiger partial charge in [0, 0.05) is 15.9 Å². The second-order valence-electron chi connectivity index (χ2n) is 9.08. The van der Waals surface area contributed by atoms with Crippen molar-refractivity contribution in [1.29, 1.82) is 0 Å². The van der Waals surface area contributed by atoms with E-state index in [1.165, 1.54) is 25.2 Å². The van der Waals surface area contributed by atoms with Crippen molar-refractivity contribution in [2.24, 2.45) is 0 Å². The lowest BCUT2D eigenvalue weighted by molar-refractivity contribution is -0.148. The summed E-state index contributed by atoms with van der Waals surface area (Å²) in [7, 11) is 2.86. The number of imidazole rings is 1. The van der Waals surface area contributed by atoms with Crippen LogP contribution in [0.4, 0.5) is 10.6 Å². The summed E-state index contributed by atoms with van der Waals surface area (Å²) in [6.07, 6.45) is 0.776. The van der Waals surface area contributed by atoms with E-state index in [2.05, 4.69) is 36.2 Å². The Balaban J connectivity index is 1.98. The van der Waals surface area contributed by atoms with E-state index in [1.54, 1.807) is 34.8 Å². The van der Waals surface area contributed by atoms with Gasteiger partial charge in [-0.1, -0.05) is 11.8 Å². The van der Waals surface area contributed by atoms with Gasteiger partial charge in [-0.15, -0.1) is 0 Å². The molecule has 0 aliphatic heterocycles. The monoisotopic (exact) mass is 580 g/mol. The fourth-order valence-electron chi connectivity index (χ4n) is 3.31. The molecule has 2 aromatic heterocycles. The average molecular weight is 581 g/mol. The summed E-state index contributed by atoms with van der Waals surface area (Å²) < 4.78 is 18.4. The minimum Gasteiger partial charge on any atom is -0.497 e. The van der Waals surface area contributed by atoms with Crippen LogP contribution in [0, 0.1) is 0 Å². The van der Waals surface area contributed by atoms with Gasteiger partial charge in [0.05, 0.1) is 14.2 Å². The zero-order valence-electron chi connectivity index (χ0n) is 20.9. The number of rotatable bonds is 8. The van der Waals surface area contributed by atoms with Crippen LogP contribution in [0.25, 0.3) is 11.2 Å². The first kappa shape index (κ1) is 27.5. The van der Waals surface area contributed by atoms with Gasteiger partial charge in [0.15, 0.2) is 22.1 Å². The van der Waals surface area contributed by atoms with Gasteiger partial charge in [-0.25, -0.2) is 24.5 Å². The maximum Gasteiger partial charge on any atom is 0.408 e. The van der Waals surface area contributed by atoms with E-state index in [4.69, 9.17) is 19.9 Å². The van der Waals surface area contributed by atoms with Crippen molar-refractivity contribution in [2.75, 3.05) is 20.0 Å². The number of hydrogen-bond donors (Lipinski definition) is 2. The molecule has 3 rings (SSSR count). The highest BCUT2D eigenvalue weighted by Crippen LogP contribution is 2.37. The molecule has 0 spiro atoms. The van der Waals surface area contributed by atoms with Crippen molar-refractivity contribution in [3.63, 3.8) is 0 Å². The van der Waals surface area contributed by atoms with Gasteiger partial charge in [0.2, 0.25) is 0 Å². The number of anilines is 1. The normalized spacial score (nSPS) is 13.2. The Hall–Kier alpha value is -3.06. The van der Waals surface area contributed by atoms with Gasteiger partial charge < -0.3 is 29.8 Å². The summed E-state index contributed by atoms with van der Waals surface area (Å²) in [6.45, 7) is 7.05. The summed E-state index contributed by atoms with van der Waals surface area (Å²) in [5, 5.41) is 3.22. The van der Waals surface area contributed by atoms with Gasteiger partial charge in [0.1, 0.15) is 23.2 Å². The Morgan fingerprint density at radius 1 is 1.19 bits per heavy atom. The van der Waals surface area contributed by atoms with Crippen molar-refractivity contribution in [2.45, 2.75) is 61.9 Å². The summed E-state index contributed by atoms with van der Waals surface area (Å²) in [5.74, 6) is 0.298. The Morgan fingerprint density at radius 2 is 1.92 bits per heavy atom. The van der Waals surface area contributed by atoms with Crippen molar-refractivity contribution in [3.8, 4) is 5.75 Å². The molecule has 0 aliphatic carbocycles. The van der Waals surface area contributed by atoms with Crippen molar-refractivity contribution >= 4 is 56.7 Å². The first-order chi connectivity index (χ1) is 16.9. The van der Waals surface area contributed by atoms with Crippen LogP contribution < -0.4 is 15.8 Å². The molecule has 3 aromatic rings. The van der Waals surface area contributed by atoms with Gasteiger partial charge in [0.25, 0.3) is 0 Å². The average Bonchev–Trinajstić information content (AvgIpc) is 3.15. The molecular formula is C23H29BrN6O5S. The summed E-state index contributed by atoms with van der Waals surface area (Å²) in [5.41, 5.74) is 4.88. The number of nitrogens with one attached hydrogen (secondary N) is 1. The number of nitrogens with zero attached hydrogens (tertiary/aromatic N) is 4. The van der Waals surface area contributed by atoms with E-state index >= 15 is 0 Å². The molecule has 13 heteroatoms. The second kappa shape index (κ2) is 10.9. The fraction of sp³-hybridized carbons (Fsp3) is 0.435. The molecule has 1 atom stereocenters. The van der Waals surface area contributed by atoms with Gasteiger partial charge in [-0.2, -0.15) is 0 Å². The van der Waals surface area contributed by atoms with Crippen LogP contribution >= 0.6 is 27.7 Å². The highest BCUT2D eigenvalue weighted by Gasteiger charge is 2.38. The highest BCUT2D eigenvalue weighted by atomic mass is 79.9. The number of methoxy groups -OCH3 is 2. The minimum absolute atomic E-state index is 0.154. The number of ether oxygens (including phenoxy) is 3. The van der Waals surface area contributed by atoms with Crippen LogP contribution in [-0.2, 0) is 20.8 Å².